The number of aromatic amines is 1. The highest BCUT2D eigenvalue weighted by Gasteiger charge is 2.30. The number of H-pyrrole nitrogens is 1. The highest BCUT2D eigenvalue weighted by atomic mass is 16.4. The third-order valence-electron chi connectivity index (χ3n) is 6.51. The van der Waals surface area contributed by atoms with Gasteiger partial charge in [-0.25, -0.2) is 9.78 Å². The number of aromatic nitrogens is 2. The Labute approximate surface area is 199 Å². The number of carboxylic acid groups (broad SMARTS) is 1. The lowest BCUT2D eigenvalue weighted by atomic mass is 10.1. The fourth-order valence-electron chi connectivity index (χ4n) is 4.43. The first-order valence-corrected chi connectivity index (χ1v) is 12.2. The summed E-state index contributed by atoms with van der Waals surface area (Å²) in [7, 11) is 0. The number of rotatable bonds is 12. The molecule has 0 aromatic carbocycles. The lowest BCUT2D eigenvalue weighted by Crippen LogP contribution is -2.44. The molecule has 0 bridgehead atoms. The standard InChI is InChI=1S/C25H33N5O4/c31-23-20(7-4-14-27-23)24(32)29-21(25(33)34)12-16-30(19-10-11-19)15-2-1-6-18-9-8-17-5-3-13-26-22(17)28-18/h4,7-9,14,19,21H,1-3,5-6,10-13,15-16H2,(H,26,28)(H,27,31)(H,29,32)(H,33,34). The molecule has 2 aromatic heterocycles. The lowest BCUT2D eigenvalue weighted by molar-refractivity contribution is -0.139. The van der Waals surface area contributed by atoms with Crippen molar-refractivity contribution >= 4 is 17.7 Å². The van der Waals surface area contributed by atoms with E-state index in [-0.39, 0.29) is 5.56 Å². The van der Waals surface area contributed by atoms with Gasteiger partial charge < -0.3 is 25.6 Å². The molecule has 1 aliphatic carbocycles. The smallest absolute Gasteiger partial charge is 0.326 e. The fraction of sp³-hybridized carbons (Fsp3) is 0.520. The summed E-state index contributed by atoms with van der Waals surface area (Å²) in [6.45, 7) is 2.47. The zero-order valence-electron chi connectivity index (χ0n) is 19.4. The Hall–Kier alpha value is -3.20. The van der Waals surface area contributed by atoms with E-state index in [1.165, 1.54) is 23.9 Å². The number of pyridine rings is 2. The van der Waals surface area contributed by atoms with Gasteiger partial charge in [-0.05, 0) is 81.7 Å². The third kappa shape index (κ3) is 6.44. The van der Waals surface area contributed by atoms with E-state index in [0.29, 0.717) is 19.0 Å². The van der Waals surface area contributed by atoms with Crippen LogP contribution in [0.15, 0.2) is 35.3 Å². The maximum Gasteiger partial charge on any atom is 0.326 e. The van der Waals surface area contributed by atoms with Gasteiger partial charge in [0.25, 0.3) is 11.5 Å². The van der Waals surface area contributed by atoms with Crippen LogP contribution in [0.1, 0.15) is 60.1 Å². The van der Waals surface area contributed by atoms with Gasteiger partial charge in [0.05, 0.1) is 0 Å². The van der Waals surface area contributed by atoms with Crippen LogP contribution in [-0.2, 0) is 17.6 Å². The van der Waals surface area contributed by atoms with Gasteiger partial charge in [0, 0.05) is 31.0 Å². The summed E-state index contributed by atoms with van der Waals surface area (Å²) in [4.78, 5) is 45.5. The normalized spacial score (nSPS) is 15.9. The molecule has 4 N–H and O–H groups in total. The SMILES string of the molecule is O=C(NC(CCN(CCCCc1ccc2c(n1)NCCC2)C1CC1)C(=O)O)c1ccc[nH]c1=O. The van der Waals surface area contributed by atoms with Crippen molar-refractivity contribution in [2.45, 2.75) is 63.5 Å². The fourth-order valence-corrected chi connectivity index (χ4v) is 4.43. The molecule has 182 valence electrons. The average Bonchev–Trinajstić information content (AvgIpc) is 3.68. The zero-order valence-corrected chi connectivity index (χ0v) is 19.4. The molecule has 4 rings (SSSR count). The van der Waals surface area contributed by atoms with Crippen LogP contribution in [0, 0.1) is 0 Å². The predicted octanol–water partition coefficient (Wildman–Crippen LogP) is 2.19. The molecule has 1 aliphatic heterocycles. The molecule has 2 aliphatic rings. The number of unbranched alkanes of at least 4 members (excludes halogenated alkanes) is 1. The summed E-state index contributed by atoms with van der Waals surface area (Å²) in [5, 5.41) is 15.5. The molecule has 2 aromatic rings. The number of amides is 1. The first kappa shape index (κ1) is 23.9. The molecule has 0 radical (unpaired) electrons. The number of carboxylic acids is 1. The largest absolute Gasteiger partial charge is 0.480 e. The minimum atomic E-state index is -1.09. The van der Waals surface area contributed by atoms with E-state index in [2.05, 4.69) is 32.7 Å². The van der Waals surface area contributed by atoms with Gasteiger partial charge in [0.15, 0.2) is 0 Å². The van der Waals surface area contributed by atoms with Crippen LogP contribution >= 0.6 is 0 Å². The van der Waals surface area contributed by atoms with Crippen molar-refractivity contribution in [3.05, 3.63) is 57.6 Å². The molecule has 1 fully saturated rings. The van der Waals surface area contributed by atoms with Crippen LogP contribution in [0.4, 0.5) is 5.82 Å². The third-order valence-corrected chi connectivity index (χ3v) is 6.51. The molecule has 34 heavy (non-hydrogen) atoms. The van der Waals surface area contributed by atoms with Crippen molar-refractivity contribution in [3.63, 3.8) is 0 Å². The number of fused-ring (bicyclic) bond motifs is 1. The van der Waals surface area contributed by atoms with Gasteiger partial charge in [-0.3, -0.25) is 9.59 Å². The van der Waals surface area contributed by atoms with E-state index in [9.17, 15) is 19.5 Å². The van der Waals surface area contributed by atoms with E-state index < -0.39 is 23.5 Å². The van der Waals surface area contributed by atoms with Gasteiger partial charge in [0.2, 0.25) is 0 Å². The molecule has 9 nitrogen and oxygen atoms in total. The van der Waals surface area contributed by atoms with Crippen LogP contribution in [0.25, 0.3) is 0 Å². The average molecular weight is 468 g/mol. The number of aliphatic carboxylic acids is 1. The molecule has 3 heterocycles. The second kappa shape index (κ2) is 11.3. The summed E-state index contributed by atoms with van der Waals surface area (Å²) >= 11 is 0. The van der Waals surface area contributed by atoms with E-state index in [1.807, 2.05) is 0 Å². The highest BCUT2D eigenvalue weighted by molar-refractivity contribution is 5.96. The molecule has 0 saturated heterocycles. The lowest BCUT2D eigenvalue weighted by Gasteiger charge is -2.24. The van der Waals surface area contributed by atoms with Crippen LogP contribution in [-0.4, -0.2) is 63.6 Å². The maximum absolute atomic E-state index is 12.4. The Kier molecular flexibility index (Phi) is 7.95. The number of anilines is 1. The van der Waals surface area contributed by atoms with Crippen molar-refractivity contribution in [3.8, 4) is 0 Å². The minimum Gasteiger partial charge on any atom is -0.480 e. The van der Waals surface area contributed by atoms with Crippen molar-refractivity contribution in [1.29, 1.82) is 0 Å². The second-order valence-electron chi connectivity index (χ2n) is 9.13. The van der Waals surface area contributed by atoms with Crippen molar-refractivity contribution in [1.82, 2.24) is 20.2 Å². The maximum atomic E-state index is 12.4. The molecule has 0 spiro atoms. The quantitative estimate of drug-likeness (QED) is 0.352. The summed E-state index contributed by atoms with van der Waals surface area (Å²) in [6.07, 6.45) is 9.17. The Morgan fingerprint density at radius 2 is 2.06 bits per heavy atom. The van der Waals surface area contributed by atoms with Crippen LogP contribution < -0.4 is 16.2 Å². The Balaban J connectivity index is 1.24. The monoisotopic (exact) mass is 467 g/mol. The molecule has 1 atom stereocenters. The molecule has 1 saturated carbocycles. The van der Waals surface area contributed by atoms with Crippen LogP contribution in [0.3, 0.4) is 0 Å². The van der Waals surface area contributed by atoms with E-state index in [0.717, 1.165) is 69.5 Å². The molecule has 1 amide bonds. The highest BCUT2D eigenvalue weighted by Crippen LogP contribution is 2.27. The first-order valence-electron chi connectivity index (χ1n) is 12.2. The second-order valence-corrected chi connectivity index (χ2v) is 9.13. The van der Waals surface area contributed by atoms with Crippen LogP contribution in [0.2, 0.25) is 0 Å². The van der Waals surface area contributed by atoms with Crippen molar-refractivity contribution in [2.24, 2.45) is 0 Å². The number of carbonyl (C=O) groups is 2. The minimum absolute atomic E-state index is 0.0845. The molecule has 1 unspecified atom stereocenters. The molecular weight excluding hydrogens is 434 g/mol. The van der Waals surface area contributed by atoms with E-state index in [1.54, 1.807) is 0 Å². The number of nitrogens with one attached hydrogen (secondary N) is 3. The topological polar surface area (TPSA) is 127 Å². The number of aryl methyl sites for hydroxylation is 2. The van der Waals surface area contributed by atoms with E-state index >= 15 is 0 Å². The Morgan fingerprint density at radius 3 is 2.82 bits per heavy atom. The predicted molar refractivity (Wildman–Crippen MR) is 129 cm³/mol. The Bertz CT molecular complexity index is 1070. The Morgan fingerprint density at radius 1 is 1.21 bits per heavy atom. The summed E-state index contributed by atoms with van der Waals surface area (Å²) in [5.74, 6) is -0.731. The van der Waals surface area contributed by atoms with Crippen LogP contribution in [0.5, 0.6) is 0 Å². The van der Waals surface area contributed by atoms with Gasteiger partial charge >= 0.3 is 5.97 Å². The van der Waals surface area contributed by atoms with E-state index in [4.69, 9.17) is 4.98 Å². The molecule has 9 heteroatoms. The van der Waals surface area contributed by atoms with Gasteiger partial charge in [-0.2, -0.15) is 0 Å². The number of nitrogens with zero attached hydrogens (tertiary/aromatic N) is 2. The van der Waals surface area contributed by atoms with Gasteiger partial charge in [-0.15, -0.1) is 0 Å². The zero-order chi connectivity index (χ0) is 23.9. The number of hydrogen-bond donors (Lipinski definition) is 4. The molecular formula is C25H33N5O4. The number of hydrogen-bond acceptors (Lipinski definition) is 6. The first-order chi connectivity index (χ1) is 16.5. The summed E-state index contributed by atoms with van der Waals surface area (Å²) in [6, 6.07) is 6.69. The summed E-state index contributed by atoms with van der Waals surface area (Å²) in [5.41, 5.74) is 1.79. The van der Waals surface area contributed by atoms with Gasteiger partial charge in [-0.1, -0.05) is 6.07 Å². The number of carbonyl (C=O) groups excluding carboxylic acids is 1. The van der Waals surface area contributed by atoms with Gasteiger partial charge in [0.1, 0.15) is 17.4 Å². The van der Waals surface area contributed by atoms with Crippen molar-refractivity contribution < 1.29 is 14.7 Å². The van der Waals surface area contributed by atoms with Crippen molar-refractivity contribution in [2.75, 3.05) is 25.0 Å². The summed E-state index contributed by atoms with van der Waals surface area (Å²) < 4.78 is 0.